The highest BCUT2D eigenvalue weighted by Crippen LogP contribution is 2.67. The van der Waals surface area contributed by atoms with Crippen molar-refractivity contribution in [2.75, 3.05) is 11.5 Å². The highest BCUT2D eigenvalue weighted by Gasteiger charge is 2.54. The summed E-state index contributed by atoms with van der Waals surface area (Å²) < 4.78 is 12.6. The molecule has 0 saturated carbocycles. The van der Waals surface area contributed by atoms with E-state index in [1.165, 1.54) is 44.5 Å². The molecule has 0 fully saturated rings. The summed E-state index contributed by atoms with van der Waals surface area (Å²) in [5, 5.41) is 0. The molecule has 0 amide bonds. The Kier molecular flexibility index (Phi) is 5.83. The van der Waals surface area contributed by atoms with E-state index >= 15 is 0 Å². The maximum absolute atomic E-state index is 6.29. The third kappa shape index (κ3) is 4.67. The van der Waals surface area contributed by atoms with Gasteiger partial charge in [0.25, 0.3) is 0 Å². The zero-order valence-electron chi connectivity index (χ0n) is 26.3. The van der Waals surface area contributed by atoms with Crippen LogP contribution in [0.5, 0.6) is 23.0 Å². The minimum absolute atomic E-state index is 0.00528. The van der Waals surface area contributed by atoms with E-state index in [2.05, 4.69) is 88.4 Å². The molecular formula is C41H38N2O2. The van der Waals surface area contributed by atoms with Crippen molar-refractivity contribution in [2.45, 2.75) is 40.5 Å². The number of allylic oxidation sites excluding steroid dienone is 6. The quantitative estimate of drug-likeness (QED) is 0.232. The van der Waals surface area contributed by atoms with Crippen LogP contribution < -0.4 is 20.9 Å². The smallest absolute Gasteiger partial charge is 0.129 e. The zero-order chi connectivity index (χ0) is 31.1. The number of benzene rings is 4. The Morgan fingerprint density at radius 1 is 0.533 bits per heavy atom. The molecule has 0 bridgehead atoms. The predicted molar refractivity (Wildman–Crippen MR) is 186 cm³/mol. The second-order valence-corrected chi connectivity index (χ2v) is 14.5. The van der Waals surface area contributed by atoms with Crippen molar-refractivity contribution < 1.29 is 9.47 Å². The highest BCUT2D eigenvalue weighted by molar-refractivity contribution is 6.03. The summed E-state index contributed by atoms with van der Waals surface area (Å²) in [5.41, 5.74) is 23.8. The fourth-order valence-electron chi connectivity index (χ4n) is 8.23. The van der Waals surface area contributed by atoms with Crippen LogP contribution >= 0.6 is 0 Å². The van der Waals surface area contributed by atoms with Gasteiger partial charge in [-0.25, -0.2) is 0 Å². The van der Waals surface area contributed by atoms with E-state index < -0.39 is 0 Å². The molecule has 224 valence electrons. The summed E-state index contributed by atoms with van der Waals surface area (Å²) >= 11 is 0. The second kappa shape index (κ2) is 9.52. The Bertz CT molecular complexity index is 1890. The van der Waals surface area contributed by atoms with Crippen LogP contribution in [0.2, 0.25) is 0 Å². The topological polar surface area (TPSA) is 70.5 Å². The number of nitrogen functional groups attached to an aromatic ring is 2. The van der Waals surface area contributed by atoms with Crippen LogP contribution in [0.15, 0.2) is 108 Å². The molecule has 4 aromatic carbocycles. The van der Waals surface area contributed by atoms with Gasteiger partial charge in [0.1, 0.15) is 23.0 Å². The average Bonchev–Trinajstić information content (AvgIpc) is 3.51. The largest absolute Gasteiger partial charge is 0.457 e. The number of nitrogens with two attached hydrogens (primary N) is 2. The van der Waals surface area contributed by atoms with Crippen molar-refractivity contribution in [1.82, 2.24) is 0 Å². The summed E-state index contributed by atoms with van der Waals surface area (Å²) in [6.45, 7) is 9.53. The molecule has 4 nitrogen and oxygen atoms in total. The highest BCUT2D eigenvalue weighted by atomic mass is 16.5. The van der Waals surface area contributed by atoms with Gasteiger partial charge >= 0.3 is 0 Å². The first-order valence-electron chi connectivity index (χ1n) is 15.7. The maximum Gasteiger partial charge on any atom is 0.129 e. The van der Waals surface area contributed by atoms with E-state index in [4.69, 9.17) is 20.9 Å². The molecule has 0 saturated heterocycles. The van der Waals surface area contributed by atoms with Crippen LogP contribution in [0.3, 0.4) is 0 Å². The lowest BCUT2D eigenvalue weighted by Crippen LogP contribution is -2.40. The molecule has 1 spiro atoms. The van der Waals surface area contributed by atoms with E-state index in [-0.39, 0.29) is 16.2 Å². The molecule has 45 heavy (non-hydrogen) atoms. The summed E-state index contributed by atoms with van der Waals surface area (Å²) in [6.07, 6.45) is 12.0. The van der Waals surface area contributed by atoms with E-state index in [0.717, 1.165) is 35.8 Å². The Labute approximate surface area is 265 Å². The molecule has 4 heteroatoms. The Morgan fingerprint density at radius 2 is 0.956 bits per heavy atom. The third-order valence-electron chi connectivity index (χ3n) is 9.61. The van der Waals surface area contributed by atoms with Gasteiger partial charge in [-0.15, -0.1) is 0 Å². The van der Waals surface area contributed by atoms with Gasteiger partial charge in [-0.1, -0.05) is 64.1 Å². The van der Waals surface area contributed by atoms with Gasteiger partial charge in [0.05, 0.1) is 0 Å². The zero-order valence-corrected chi connectivity index (χ0v) is 26.3. The van der Waals surface area contributed by atoms with Crippen molar-refractivity contribution in [3.05, 3.63) is 130 Å². The van der Waals surface area contributed by atoms with Crippen molar-refractivity contribution in [2.24, 2.45) is 16.2 Å². The van der Waals surface area contributed by atoms with Gasteiger partial charge in [0, 0.05) is 28.9 Å². The number of rotatable bonds is 4. The third-order valence-corrected chi connectivity index (χ3v) is 9.61. The van der Waals surface area contributed by atoms with Crippen LogP contribution in [-0.4, -0.2) is 0 Å². The Balaban J connectivity index is 1.20. The van der Waals surface area contributed by atoms with Gasteiger partial charge in [-0.05, 0) is 129 Å². The number of anilines is 2. The molecule has 4 aliphatic rings. The van der Waals surface area contributed by atoms with E-state index in [1.807, 2.05) is 48.5 Å². The fraction of sp³-hybridized carbons (Fsp3) is 0.220. The molecule has 0 heterocycles. The van der Waals surface area contributed by atoms with E-state index in [1.54, 1.807) is 0 Å². The van der Waals surface area contributed by atoms with Crippen molar-refractivity contribution in [1.29, 1.82) is 0 Å². The maximum atomic E-state index is 6.29. The minimum Gasteiger partial charge on any atom is -0.457 e. The van der Waals surface area contributed by atoms with Gasteiger partial charge in [0.2, 0.25) is 0 Å². The van der Waals surface area contributed by atoms with Crippen molar-refractivity contribution >= 4 is 34.7 Å². The molecule has 4 N–H and O–H groups in total. The molecule has 0 aromatic heterocycles. The normalized spacial score (nSPS) is 19.3. The standard InChI is InChI=1S/C41H38N2O2/c1-39(2)21-35-33-19-31(44-29-9-5-7-27(42)17-29)13-11-25(33)15-37(35)41(23-39)24-40(3,4)22-36-34-20-32(14-12-26(34)16-38(36)41)45-30-10-6-8-28(43)18-30/h5-22H,23-24,42-43H2,1-4H3. The molecule has 0 unspecified atom stereocenters. The molecule has 0 radical (unpaired) electrons. The van der Waals surface area contributed by atoms with E-state index in [9.17, 15) is 0 Å². The summed E-state index contributed by atoms with van der Waals surface area (Å²) in [5.74, 6) is 3.12. The van der Waals surface area contributed by atoms with Crippen molar-refractivity contribution in [3.63, 3.8) is 0 Å². The Hall–Kier alpha value is -4.96. The van der Waals surface area contributed by atoms with Gasteiger partial charge in [-0.3, -0.25) is 0 Å². The van der Waals surface area contributed by atoms with Gasteiger partial charge < -0.3 is 20.9 Å². The predicted octanol–water partition coefficient (Wildman–Crippen LogP) is 10.5. The lowest BCUT2D eigenvalue weighted by molar-refractivity contribution is 0.203. The summed E-state index contributed by atoms with van der Waals surface area (Å²) in [4.78, 5) is 0. The second-order valence-electron chi connectivity index (χ2n) is 14.5. The minimum atomic E-state index is -0.136. The number of hydrogen-bond donors (Lipinski definition) is 2. The lowest BCUT2D eigenvalue weighted by atomic mass is 9.51. The fourth-order valence-corrected chi connectivity index (χ4v) is 8.23. The van der Waals surface area contributed by atoms with Gasteiger partial charge in [0.15, 0.2) is 0 Å². The summed E-state index contributed by atoms with van der Waals surface area (Å²) in [7, 11) is 0. The molecule has 4 aliphatic carbocycles. The first-order chi connectivity index (χ1) is 21.5. The first kappa shape index (κ1) is 27.6. The first-order valence-corrected chi connectivity index (χ1v) is 15.7. The molecule has 0 aliphatic heterocycles. The lowest BCUT2D eigenvalue weighted by Gasteiger charge is -2.52. The number of ether oxygens (including phenoxy) is 2. The van der Waals surface area contributed by atoms with Crippen molar-refractivity contribution in [3.8, 4) is 23.0 Å². The SMILES string of the molecule is CC1(C)C=C2C(=Cc3ccc(Oc4cccc(N)c4)cc32)C2(C1)CC(C)(C)C=C1C2=Cc2ccc(Oc3cccc(N)c3)cc21. The number of hydrogen-bond acceptors (Lipinski definition) is 4. The van der Waals surface area contributed by atoms with Crippen LogP contribution in [0, 0.1) is 16.2 Å². The number of fused-ring (bicyclic) bond motifs is 8. The molecule has 8 rings (SSSR count). The van der Waals surface area contributed by atoms with E-state index in [0.29, 0.717) is 11.4 Å². The van der Waals surface area contributed by atoms with Crippen LogP contribution in [0.25, 0.3) is 23.3 Å². The van der Waals surface area contributed by atoms with Crippen LogP contribution in [0.4, 0.5) is 11.4 Å². The Morgan fingerprint density at radius 3 is 1.38 bits per heavy atom. The molecule has 4 aromatic rings. The monoisotopic (exact) mass is 590 g/mol. The molecular weight excluding hydrogens is 552 g/mol. The molecule has 0 atom stereocenters. The summed E-state index contributed by atoms with van der Waals surface area (Å²) in [6, 6.07) is 28.1. The van der Waals surface area contributed by atoms with Gasteiger partial charge in [-0.2, -0.15) is 0 Å². The van der Waals surface area contributed by atoms with Crippen LogP contribution in [0.1, 0.15) is 62.8 Å². The van der Waals surface area contributed by atoms with Crippen LogP contribution in [-0.2, 0) is 0 Å². The average molecular weight is 591 g/mol.